The fraction of sp³-hybridized carbons (Fsp3) is 1.00. The van der Waals surface area contributed by atoms with Crippen LogP contribution in [-0.2, 0) is 0 Å². The van der Waals surface area contributed by atoms with Crippen molar-refractivity contribution in [2.45, 2.75) is 79.8 Å². The van der Waals surface area contributed by atoms with Crippen molar-refractivity contribution in [1.29, 1.82) is 0 Å². The first-order valence-corrected chi connectivity index (χ1v) is 7.20. The molecule has 0 fully saturated rings. The number of rotatable bonds is 6. The second-order valence-corrected chi connectivity index (χ2v) is 6.89. The fourth-order valence-electron chi connectivity index (χ4n) is 2.77. The Hall–Kier alpha value is 1.70. The maximum atomic E-state index is 2.45. The number of hydrogen-bond acceptors (Lipinski definition) is 0. The summed E-state index contributed by atoms with van der Waals surface area (Å²) in [4.78, 5) is 0. The molecule has 17 heavy (non-hydrogen) atoms. The summed E-state index contributed by atoms with van der Waals surface area (Å²) in [6.07, 6.45) is 0. The van der Waals surface area contributed by atoms with E-state index in [0.29, 0.717) is 0 Å². The first kappa shape index (κ1) is 21.0. The summed E-state index contributed by atoms with van der Waals surface area (Å²) in [7, 11) is 0. The molecule has 0 aliphatic rings. The van der Waals surface area contributed by atoms with Gasteiger partial charge in [0.25, 0.3) is 0 Å². The molecule has 0 aromatic rings. The van der Waals surface area contributed by atoms with Crippen LogP contribution in [0.1, 0.15) is 62.3 Å². The molecule has 0 aromatic heterocycles. The Bertz CT molecular complexity index is 156. The van der Waals surface area contributed by atoms with E-state index in [1.165, 1.54) is 0 Å². The van der Waals surface area contributed by atoms with Crippen molar-refractivity contribution in [1.82, 2.24) is 0 Å². The molecule has 3 atom stereocenters. The van der Waals surface area contributed by atoms with E-state index in [-0.39, 0.29) is 51.4 Å². The average molecular weight is 264 g/mol. The first-order chi connectivity index (χ1) is 7.20. The Morgan fingerprint density at radius 1 is 0.471 bits per heavy atom. The van der Waals surface area contributed by atoms with E-state index < -0.39 is 0 Å². The molecule has 0 aliphatic heterocycles. The van der Waals surface area contributed by atoms with Crippen molar-refractivity contribution in [2.24, 2.45) is 17.8 Å². The van der Waals surface area contributed by atoms with Gasteiger partial charge < -0.3 is 0 Å². The van der Waals surface area contributed by atoms with Crippen LogP contribution >= 0.6 is 0 Å². The van der Waals surface area contributed by atoms with Crippen LogP contribution in [0, 0.1) is 17.8 Å². The van der Waals surface area contributed by atoms with Crippen LogP contribution in [0.5, 0.6) is 0 Å². The zero-order valence-corrected chi connectivity index (χ0v) is 13.0. The van der Waals surface area contributed by atoms with Gasteiger partial charge in [0.15, 0.2) is 0 Å². The van der Waals surface area contributed by atoms with Gasteiger partial charge in [-0.3, -0.25) is 0 Å². The first-order valence-electron chi connectivity index (χ1n) is 7.20. The van der Waals surface area contributed by atoms with Gasteiger partial charge in [0.2, 0.25) is 0 Å². The van der Waals surface area contributed by atoms with Crippen LogP contribution in [0.25, 0.3) is 0 Å². The zero-order chi connectivity index (χ0) is 13.0. The molecule has 0 aromatic carbocycles. The Morgan fingerprint density at radius 2 is 0.647 bits per heavy atom. The standard InChI is InChI=1S/C15H33B.K.H/c1-10(2)13(7)16(14(8)11(3)4)15(9)12(5)6;;/h10-15H,1-9H3;;. The van der Waals surface area contributed by atoms with Crippen LogP contribution in [0.2, 0.25) is 17.5 Å². The topological polar surface area (TPSA) is 0 Å². The summed E-state index contributed by atoms with van der Waals surface area (Å²) in [6, 6.07) is 0. The van der Waals surface area contributed by atoms with Gasteiger partial charge in [0, 0.05) is 0 Å². The second-order valence-electron chi connectivity index (χ2n) is 6.89. The number of hydrogen-bond donors (Lipinski definition) is 0. The molecule has 0 N–H and O–H groups in total. The molecule has 0 bridgehead atoms. The molecule has 0 nitrogen and oxygen atoms in total. The van der Waals surface area contributed by atoms with E-state index in [2.05, 4.69) is 62.3 Å². The van der Waals surface area contributed by atoms with Gasteiger partial charge in [-0.1, -0.05) is 97.5 Å². The van der Waals surface area contributed by atoms with E-state index in [0.717, 1.165) is 41.9 Å². The summed E-state index contributed by atoms with van der Waals surface area (Å²) in [5, 5.41) is 0. The van der Waals surface area contributed by atoms with Crippen LogP contribution in [0.3, 0.4) is 0 Å². The SMILES string of the molecule is CC(C)C(C)B(C(C)C(C)C)C(C)C(C)C.[KH]. The molecule has 0 heterocycles. The third-order valence-electron chi connectivity index (χ3n) is 4.98. The third kappa shape index (κ3) is 6.61. The molecule has 0 radical (unpaired) electrons. The second kappa shape index (κ2) is 9.58. The normalized spacial score (nSPS) is 16.9. The van der Waals surface area contributed by atoms with Crippen molar-refractivity contribution in [3.8, 4) is 0 Å². The summed E-state index contributed by atoms with van der Waals surface area (Å²) in [5.41, 5.74) is 0. The molecule has 0 saturated carbocycles. The average Bonchev–Trinajstić information content (AvgIpc) is 2.16. The van der Waals surface area contributed by atoms with E-state index >= 15 is 0 Å². The molecule has 98 valence electrons. The fourth-order valence-corrected chi connectivity index (χ4v) is 2.77. The van der Waals surface area contributed by atoms with Crippen molar-refractivity contribution in [3.63, 3.8) is 0 Å². The molecule has 0 rings (SSSR count). The van der Waals surface area contributed by atoms with Gasteiger partial charge in [0.05, 0.1) is 0 Å². The quantitative estimate of drug-likeness (QED) is 0.594. The summed E-state index contributed by atoms with van der Waals surface area (Å²) >= 11 is 0. The maximum absolute atomic E-state index is 2.45. The molecule has 0 saturated heterocycles. The monoisotopic (exact) mass is 264 g/mol. The molecule has 2 heteroatoms. The van der Waals surface area contributed by atoms with E-state index in [9.17, 15) is 0 Å². The van der Waals surface area contributed by atoms with Gasteiger partial charge in [-0.25, -0.2) is 0 Å². The Labute approximate surface area is 154 Å². The third-order valence-corrected chi connectivity index (χ3v) is 4.98. The Balaban J connectivity index is 0. The van der Waals surface area contributed by atoms with Gasteiger partial charge in [-0.2, -0.15) is 0 Å². The summed E-state index contributed by atoms with van der Waals surface area (Å²) in [6.45, 7) is 22.5. The zero-order valence-electron chi connectivity index (χ0n) is 13.0. The van der Waals surface area contributed by atoms with E-state index in [1.54, 1.807) is 0 Å². The van der Waals surface area contributed by atoms with Crippen LogP contribution < -0.4 is 0 Å². The summed E-state index contributed by atoms with van der Waals surface area (Å²) < 4.78 is 0. The molecule has 0 amide bonds. The van der Waals surface area contributed by atoms with Crippen LogP contribution in [0.4, 0.5) is 0 Å². The minimum absolute atomic E-state index is 0. The predicted molar refractivity (Wildman–Crippen MR) is 85.7 cm³/mol. The van der Waals surface area contributed by atoms with Crippen LogP contribution in [0.15, 0.2) is 0 Å². The Kier molecular flexibility index (Phi) is 11.8. The predicted octanol–water partition coefficient (Wildman–Crippen LogP) is 4.97. The van der Waals surface area contributed by atoms with Gasteiger partial charge in [-0.15, -0.1) is 0 Å². The van der Waals surface area contributed by atoms with E-state index in [1.807, 2.05) is 0 Å². The molecule has 0 aliphatic carbocycles. The van der Waals surface area contributed by atoms with Crippen molar-refractivity contribution in [2.75, 3.05) is 0 Å². The van der Waals surface area contributed by atoms with Gasteiger partial charge >= 0.3 is 51.4 Å². The van der Waals surface area contributed by atoms with Crippen molar-refractivity contribution < 1.29 is 0 Å². The van der Waals surface area contributed by atoms with Crippen LogP contribution in [-0.4, -0.2) is 58.1 Å². The Morgan fingerprint density at radius 3 is 0.765 bits per heavy atom. The van der Waals surface area contributed by atoms with Gasteiger partial charge in [0.1, 0.15) is 6.71 Å². The van der Waals surface area contributed by atoms with E-state index in [4.69, 9.17) is 0 Å². The molecule has 3 unspecified atom stereocenters. The minimum atomic E-state index is 0. The van der Waals surface area contributed by atoms with Crippen molar-refractivity contribution in [3.05, 3.63) is 0 Å². The van der Waals surface area contributed by atoms with Crippen molar-refractivity contribution >= 4 is 58.1 Å². The molecular weight excluding hydrogens is 230 g/mol. The van der Waals surface area contributed by atoms with Gasteiger partial charge in [-0.05, 0) is 0 Å². The molecular formula is C15H34BK. The summed E-state index contributed by atoms with van der Waals surface area (Å²) in [5.74, 6) is 4.88. The molecule has 0 spiro atoms.